The summed E-state index contributed by atoms with van der Waals surface area (Å²) >= 11 is 0. The Hall–Kier alpha value is -2.78. The summed E-state index contributed by atoms with van der Waals surface area (Å²) in [6, 6.07) is 6.37. The molecule has 2 heterocycles. The lowest BCUT2D eigenvalue weighted by molar-refractivity contribution is -0.119. The summed E-state index contributed by atoms with van der Waals surface area (Å²) in [5.74, 6) is 0.446. The fraction of sp³-hybridized carbons (Fsp3) is 0.381. The first-order valence-electron chi connectivity index (χ1n) is 9.88. The fourth-order valence-corrected chi connectivity index (χ4v) is 5.76. The van der Waals surface area contributed by atoms with E-state index >= 15 is 0 Å². The minimum atomic E-state index is -3.87. The van der Waals surface area contributed by atoms with Crippen molar-refractivity contribution in [3.63, 3.8) is 0 Å². The number of nitrogens with zero attached hydrogens (tertiary/aromatic N) is 2. The lowest BCUT2D eigenvalue weighted by Gasteiger charge is -2.22. The molecule has 0 aliphatic heterocycles. The van der Waals surface area contributed by atoms with Crippen LogP contribution in [0.5, 0.6) is 0 Å². The molecular formula is C21H24N4O4S. The maximum absolute atomic E-state index is 13.4. The van der Waals surface area contributed by atoms with Crippen molar-refractivity contribution in [2.24, 2.45) is 0 Å². The number of carbonyl (C=O) groups is 1. The van der Waals surface area contributed by atoms with Crippen LogP contribution >= 0.6 is 0 Å². The number of hydrogen-bond donors (Lipinski definition) is 2. The highest BCUT2D eigenvalue weighted by molar-refractivity contribution is 7.89. The summed E-state index contributed by atoms with van der Waals surface area (Å²) in [5.41, 5.74) is 2.69. The molecule has 4 rings (SSSR count). The standard InChI is InChI=1S/C21H24N4O4S/c1-12-21(13(2)29-24-12)15-10-19-16(6-5-9-22-19)20(11-15)30(27,28)25-18-8-4-7-17(18)23-14(3)26/h5-6,9-11,17-18,25H,4,7-8H2,1-3H3,(H,23,26)/t17?,18-/m1/s1. The number of rotatable bonds is 5. The number of fused-ring (bicyclic) bond motifs is 1. The van der Waals surface area contributed by atoms with E-state index in [1.54, 1.807) is 31.3 Å². The van der Waals surface area contributed by atoms with Crippen LogP contribution in [0.1, 0.15) is 37.6 Å². The first-order chi connectivity index (χ1) is 14.3. The van der Waals surface area contributed by atoms with E-state index in [0.717, 1.165) is 18.4 Å². The average Bonchev–Trinajstić information content (AvgIpc) is 3.25. The lowest BCUT2D eigenvalue weighted by Crippen LogP contribution is -2.47. The predicted octanol–water partition coefficient (Wildman–Crippen LogP) is 2.84. The van der Waals surface area contributed by atoms with Gasteiger partial charge in [-0.3, -0.25) is 9.78 Å². The van der Waals surface area contributed by atoms with Gasteiger partial charge in [0.25, 0.3) is 0 Å². The second-order valence-corrected chi connectivity index (χ2v) is 9.39. The van der Waals surface area contributed by atoms with E-state index in [1.807, 2.05) is 13.0 Å². The third kappa shape index (κ3) is 3.82. The van der Waals surface area contributed by atoms with Crippen molar-refractivity contribution in [3.8, 4) is 11.1 Å². The van der Waals surface area contributed by atoms with Crippen LogP contribution in [0.15, 0.2) is 39.9 Å². The van der Waals surface area contributed by atoms with Crippen LogP contribution in [-0.4, -0.2) is 36.5 Å². The van der Waals surface area contributed by atoms with Crippen LogP contribution in [0.25, 0.3) is 22.0 Å². The fourth-order valence-electron chi connectivity index (χ4n) is 4.21. The molecule has 1 aromatic carbocycles. The molecule has 0 bridgehead atoms. The maximum Gasteiger partial charge on any atom is 0.241 e. The van der Waals surface area contributed by atoms with Crippen molar-refractivity contribution in [3.05, 3.63) is 41.9 Å². The molecule has 1 saturated carbocycles. The molecule has 1 aliphatic carbocycles. The van der Waals surface area contributed by atoms with Gasteiger partial charge in [-0.1, -0.05) is 5.16 Å². The van der Waals surface area contributed by atoms with E-state index in [2.05, 4.69) is 20.2 Å². The topological polar surface area (TPSA) is 114 Å². The van der Waals surface area contributed by atoms with Crippen molar-refractivity contribution in [2.45, 2.75) is 57.0 Å². The monoisotopic (exact) mass is 428 g/mol. The van der Waals surface area contributed by atoms with Crippen molar-refractivity contribution in [1.29, 1.82) is 0 Å². The Morgan fingerprint density at radius 1 is 1.20 bits per heavy atom. The van der Waals surface area contributed by atoms with Crippen LogP contribution in [-0.2, 0) is 14.8 Å². The average molecular weight is 429 g/mol. The minimum absolute atomic E-state index is 0.150. The Morgan fingerprint density at radius 3 is 2.67 bits per heavy atom. The number of sulfonamides is 1. The van der Waals surface area contributed by atoms with Crippen molar-refractivity contribution in [2.75, 3.05) is 0 Å². The SMILES string of the molecule is CC(=O)NC1CCC[C@H]1NS(=O)(=O)c1cc(-c2c(C)noc2C)cc2ncccc12. The molecule has 2 aromatic heterocycles. The summed E-state index contributed by atoms with van der Waals surface area (Å²) in [5, 5.41) is 7.37. The highest BCUT2D eigenvalue weighted by Gasteiger charge is 2.33. The minimum Gasteiger partial charge on any atom is -0.361 e. The first-order valence-corrected chi connectivity index (χ1v) is 11.4. The molecule has 158 valence electrons. The molecular weight excluding hydrogens is 404 g/mol. The van der Waals surface area contributed by atoms with E-state index < -0.39 is 10.0 Å². The zero-order chi connectivity index (χ0) is 21.5. The number of nitrogens with one attached hydrogen (secondary N) is 2. The van der Waals surface area contributed by atoms with Gasteiger partial charge in [-0.25, -0.2) is 13.1 Å². The van der Waals surface area contributed by atoms with Gasteiger partial charge in [-0.15, -0.1) is 0 Å². The van der Waals surface area contributed by atoms with Crippen LogP contribution < -0.4 is 10.0 Å². The molecule has 0 saturated heterocycles. The van der Waals surface area contributed by atoms with Gasteiger partial charge < -0.3 is 9.84 Å². The van der Waals surface area contributed by atoms with Gasteiger partial charge in [0.05, 0.1) is 16.1 Å². The van der Waals surface area contributed by atoms with E-state index in [9.17, 15) is 13.2 Å². The van der Waals surface area contributed by atoms with Gasteiger partial charge in [-0.2, -0.15) is 0 Å². The molecule has 1 amide bonds. The Kier molecular flexibility index (Phi) is 5.33. The number of hydrogen-bond acceptors (Lipinski definition) is 6. The Balaban J connectivity index is 1.80. The number of pyridine rings is 1. The molecule has 0 radical (unpaired) electrons. The molecule has 30 heavy (non-hydrogen) atoms. The van der Waals surface area contributed by atoms with E-state index in [-0.39, 0.29) is 22.9 Å². The zero-order valence-electron chi connectivity index (χ0n) is 17.1. The molecule has 0 spiro atoms. The summed E-state index contributed by atoms with van der Waals surface area (Å²) in [6.45, 7) is 5.05. The molecule has 8 nitrogen and oxygen atoms in total. The molecule has 2 N–H and O–H groups in total. The smallest absolute Gasteiger partial charge is 0.241 e. The van der Waals surface area contributed by atoms with Gasteiger partial charge in [0.15, 0.2) is 0 Å². The number of aromatic nitrogens is 2. The molecule has 1 fully saturated rings. The molecule has 1 aliphatic rings. The second kappa shape index (κ2) is 7.81. The predicted molar refractivity (Wildman–Crippen MR) is 112 cm³/mol. The normalized spacial score (nSPS) is 19.3. The summed E-state index contributed by atoms with van der Waals surface area (Å²) < 4.78 is 35.0. The van der Waals surface area contributed by atoms with Crippen LogP contribution in [0, 0.1) is 13.8 Å². The van der Waals surface area contributed by atoms with Crippen LogP contribution in [0.3, 0.4) is 0 Å². The second-order valence-electron chi connectivity index (χ2n) is 7.71. The largest absolute Gasteiger partial charge is 0.361 e. The van der Waals surface area contributed by atoms with Gasteiger partial charge in [0, 0.05) is 36.2 Å². The Bertz CT molecular complexity index is 1200. The molecule has 9 heteroatoms. The van der Waals surface area contributed by atoms with Crippen molar-refractivity contribution < 1.29 is 17.7 Å². The molecule has 2 atom stereocenters. The first kappa shape index (κ1) is 20.5. The van der Waals surface area contributed by atoms with Gasteiger partial charge >= 0.3 is 0 Å². The summed E-state index contributed by atoms with van der Waals surface area (Å²) in [7, 11) is -3.87. The summed E-state index contributed by atoms with van der Waals surface area (Å²) in [6.07, 6.45) is 3.89. The highest BCUT2D eigenvalue weighted by Crippen LogP contribution is 2.33. The number of carbonyl (C=O) groups excluding carboxylic acids is 1. The number of benzene rings is 1. The lowest BCUT2D eigenvalue weighted by atomic mass is 10.0. The van der Waals surface area contributed by atoms with Gasteiger partial charge in [0.2, 0.25) is 15.9 Å². The highest BCUT2D eigenvalue weighted by atomic mass is 32.2. The Labute approximate surface area is 175 Å². The number of aryl methyl sites for hydroxylation is 2. The quantitative estimate of drug-likeness (QED) is 0.646. The van der Waals surface area contributed by atoms with Crippen LogP contribution in [0.2, 0.25) is 0 Å². The van der Waals surface area contributed by atoms with Crippen molar-refractivity contribution >= 4 is 26.8 Å². The van der Waals surface area contributed by atoms with E-state index in [0.29, 0.717) is 34.3 Å². The van der Waals surface area contributed by atoms with E-state index in [1.165, 1.54) is 6.92 Å². The van der Waals surface area contributed by atoms with Gasteiger partial charge in [0.1, 0.15) is 5.76 Å². The number of amides is 1. The third-order valence-corrected chi connectivity index (χ3v) is 7.04. The molecule has 3 aromatic rings. The maximum atomic E-state index is 13.4. The van der Waals surface area contributed by atoms with Gasteiger partial charge in [-0.05, 0) is 62.9 Å². The van der Waals surface area contributed by atoms with Crippen LogP contribution in [0.4, 0.5) is 0 Å². The Morgan fingerprint density at radius 2 is 1.97 bits per heavy atom. The van der Waals surface area contributed by atoms with Crippen molar-refractivity contribution in [1.82, 2.24) is 20.2 Å². The summed E-state index contributed by atoms with van der Waals surface area (Å²) in [4.78, 5) is 16.0. The zero-order valence-corrected chi connectivity index (χ0v) is 17.9. The third-order valence-electron chi connectivity index (χ3n) is 5.51. The molecule has 1 unspecified atom stereocenters. The van der Waals surface area contributed by atoms with E-state index in [4.69, 9.17) is 4.52 Å².